The van der Waals surface area contributed by atoms with E-state index in [1.165, 1.54) is 0 Å². The molecular weight excluding hydrogens is 266 g/mol. The number of nitrogens with two attached hydrogens (primary N) is 1. The van der Waals surface area contributed by atoms with E-state index in [1.54, 1.807) is 6.92 Å². The molecule has 0 saturated heterocycles. The summed E-state index contributed by atoms with van der Waals surface area (Å²) in [7, 11) is 0. The zero-order valence-electron chi connectivity index (χ0n) is 11.8. The highest BCUT2D eigenvalue weighted by molar-refractivity contribution is 6.11. The van der Waals surface area contributed by atoms with Crippen LogP contribution in [0.3, 0.4) is 0 Å². The molecule has 0 aliphatic heterocycles. The van der Waals surface area contributed by atoms with Gasteiger partial charge < -0.3 is 11.1 Å². The first-order valence-electron chi connectivity index (χ1n) is 6.54. The van der Waals surface area contributed by atoms with Crippen LogP contribution in [-0.4, -0.2) is 21.1 Å². The molecule has 0 saturated carbocycles. The van der Waals surface area contributed by atoms with Crippen LogP contribution < -0.4 is 11.1 Å². The second kappa shape index (κ2) is 4.90. The number of rotatable bonds is 2. The number of amides is 1. The number of hydrogen-bond acceptors (Lipinski definition) is 4. The van der Waals surface area contributed by atoms with Crippen molar-refractivity contribution in [2.45, 2.75) is 13.8 Å². The number of nitrogens with one attached hydrogen (secondary N) is 2. The zero-order chi connectivity index (χ0) is 15.0. The summed E-state index contributed by atoms with van der Waals surface area (Å²) in [5, 5.41) is 10.4. The number of hydrogen-bond donors (Lipinski definition) is 3. The second-order valence-electron chi connectivity index (χ2n) is 4.89. The molecule has 4 N–H and O–H groups in total. The number of para-hydroxylation sites is 1. The summed E-state index contributed by atoms with van der Waals surface area (Å²) in [6, 6.07) is 9.56. The Labute approximate surface area is 121 Å². The number of aryl methyl sites for hydroxylation is 2. The average Bonchev–Trinajstić information content (AvgIpc) is 2.79. The minimum atomic E-state index is -0.297. The van der Waals surface area contributed by atoms with Crippen LogP contribution in [0, 0.1) is 13.8 Å². The van der Waals surface area contributed by atoms with Gasteiger partial charge in [-0.1, -0.05) is 18.2 Å². The SMILES string of the molecule is Cc1ccc2cccc(NC(=O)c3c(N)n[nH]c3C)c2n1. The molecule has 3 aromatic rings. The first kappa shape index (κ1) is 13.1. The third-order valence-electron chi connectivity index (χ3n) is 3.31. The molecule has 0 radical (unpaired) electrons. The number of fused-ring (bicyclic) bond motifs is 1. The Morgan fingerprint density at radius 3 is 2.76 bits per heavy atom. The molecule has 0 bridgehead atoms. The number of pyridine rings is 1. The lowest BCUT2D eigenvalue weighted by Crippen LogP contribution is -2.14. The molecule has 106 valence electrons. The maximum Gasteiger partial charge on any atom is 0.261 e. The molecule has 2 aromatic heterocycles. The largest absolute Gasteiger partial charge is 0.382 e. The van der Waals surface area contributed by atoms with Crippen molar-refractivity contribution in [3.8, 4) is 0 Å². The number of carbonyl (C=O) groups excluding carboxylic acids is 1. The molecule has 1 aromatic carbocycles. The van der Waals surface area contributed by atoms with E-state index < -0.39 is 0 Å². The average molecular weight is 281 g/mol. The summed E-state index contributed by atoms with van der Waals surface area (Å²) < 4.78 is 0. The molecule has 0 fully saturated rings. The molecule has 0 unspecified atom stereocenters. The van der Waals surface area contributed by atoms with Crippen LogP contribution >= 0.6 is 0 Å². The highest BCUT2D eigenvalue weighted by Gasteiger charge is 2.17. The lowest BCUT2D eigenvalue weighted by atomic mass is 10.1. The number of aromatic nitrogens is 3. The number of benzene rings is 1. The van der Waals surface area contributed by atoms with Crippen molar-refractivity contribution in [1.82, 2.24) is 15.2 Å². The van der Waals surface area contributed by atoms with E-state index in [1.807, 2.05) is 37.3 Å². The number of carbonyl (C=O) groups is 1. The van der Waals surface area contributed by atoms with Crippen molar-refractivity contribution in [2.24, 2.45) is 0 Å². The molecule has 0 spiro atoms. The number of anilines is 2. The van der Waals surface area contributed by atoms with Gasteiger partial charge in [0.1, 0.15) is 5.56 Å². The van der Waals surface area contributed by atoms with Crippen LogP contribution in [0.4, 0.5) is 11.5 Å². The Bertz CT molecular complexity index is 818. The van der Waals surface area contributed by atoms with Gasteiger partial charge in [-0.05, 0) is 26.0 Å². The second-order valence-corrected chi connectivity index (χ2v) is 4.89. The molecule has 6 nitrogen and oxygen atoms in total. The Hall–Kier alpha value is -2.89. The van der Waals surface area contributed by atoms with Gasteiger partial charge in [-0.25, -0.2) is 0 Å². The molecule has 0 aliphatic carbocycles. The normalized spacial score (nSPS) is 10.8. The van der Waals surface area contributed by atoms with Crippen LogP contribution in [-0.2, 0) is 0 Å². The van der Waals surface area contributed by atoms with Gasteiger partial charge in [-0.3, -0.25) is 14.9 Å². The third kappa shape index (κ3) is 2.31. The quantitative estimate of drug-likeness (QED) is 0.672. The predicted molar refractivity (Wildman–Crippen MR) is 82.2 cm³/mol. The van der Waals surface area contributed by atoms with Crippen LogP contribution in [0.5, 0.6) is 0 Å². The van der Waals surface area contributed by atoms with Gasteiger partial charge in [0.15, 0.2) is 5.82 Å². The predicted octanol–water partition coefficient (Wildman–Crippen LogP) is 2.41. The first-order valence-corrected chi connectivity index (χ1v) is 6.54. The summed E-state index contributed by atoms with van der Waals surface area (Å²) in [5.74, 6) is -0.107. The van der Waals surface area contributed by atoms with Gasteiger partial charge in [-0.15, -0.1) is 0 Å². The van der Waals surface area contributed by atoms with Gasteiger partial charge in [0, 0.05) is 16.8 Å². The van der Waals surface area contributed by atoms with Crippen LogP contribution in [0.15, 0.2) is 30.3 Å². The molecule has 21 heavy (non-hydrogen) atoms. The first-order chi connectivity index (χ1) is 10.1. The molecule has 1 amide bonds. The topological polar surface area (TPSA) is 96.7 Å². The molecule has 2 heterocycles. The summed E-state index contributed by atoms with van der Waals surface area (Å²) in [6.07, 6.45) is 0. The third-order valence-corrected chi connectivity index (χ3v) is 3.31. The number of nitrogen functional groups attached to an aromatic ring is 1. The summed E-state index contributed by atoms with van der Waals surface area (Å²) in [5.41, 5.74) is 9.01. The number of aromatic amines is 1. The Morgan fingerprint density at radius 2 is 2.05 bits per heavy atom. The lowest BCUT2D eigenvalue weighted by Gasteiger charge is -2.08. The number of H-pyrrole nitrogens is 1. The lowest BCUT2D eigenvalue weighted by molar-refractivity contribution is 0.102. The molecule has 0 aliphatic rings. The van der Waals surface area contributed by atoms with Crippen molar-refractivity contribution in [3.05, 3.63) is 47.3 Å². The monoisotopic (exact) mass is 281 g/mol. The summed E-state index contributed by atoms with van der Waals surface area (Å²) in [6.45, 7) is 3.67. The van der Waals surface area contributed by atoms with Crippen molar-refractivity contribution in [3.63, 3.8) is 0 Å². The minimum absolute atomic E-state index is 0.189. The summed E-state index contributed by atoms with van der Waals surface area (Å²) >= 11 is 0. The Kier molecular flexibility index (Phi) is 3.06. The van der Waals surface area contributed by atoms with E-state index in [-0.39, 0.29) is 11.7 Å². The van der Waals surface area contributed by atoms with Crippen LogP contribution in [0.2, 0.25) is 0 Å². The van der Waals surface area contributed by atoms with E-state index in [9.17, 15) is 4.79 Å². The Morgan fingerprint density at radius 1 is 1.24 bits per heavy atom. The van der Waals surface area contributed by atoms with Gasteiger partial charge >= 0.3 is 0 Å². The number of nitrogens with zero attached hydrogens (tertiary/aromatic N) is 2. The smallest absolute Gasteiger partial charge is 0.261 e. The summed E-state index contributed by atoms with van der Waals surface area (Å²) in [4.78, 5) is 16.9. The van der Waals surface area contributed by atoms with Crippen molar-refractivity contribution < 1.29 is 4.79 Å². The highest BCUT2D eigenvalue weighted by Crippen LogP contribution is 2.23. The highest BCUT2D eigenvalue weighted by atomic mass is 16.1. The Balaban J connectivity index is 2.02. The fourth-order valence-electron chi connectivity index (χ4n) is 2.26. The maximum absolute atomic E-state index is 12.4. The van der Waals surface area contributed by atoms with Gasteiger partial charge in [0.25, 0.3) is 5.91 Å². The van der Waals surface area contributed by atoms with Crippen LogP contribution in [0.25, 0.3) is 10.9 Å². The van der Waals surface area contributed by atoms with E-state index in [4.69, 9.17) is 5.73 Å². The van der Waals surface area contributed by atoms with Gasteiger partial charge in [0.2, 0.25) is 0 Å². The van der Waals surface area contributed by atoms with Crippen molar-refractivity contribution in [1.29, 1.82) is 0 Å². The van der Waals surface area contributed by atoms with E-state index in [0.717, 1.165) is 16.6 Å². The fraction of sp³-hybridized carbons (Fsp3) is 0.133. The molecule has 0 atom stereocenters. The molecule has 6 heteroatoms. The van der Waals surface area contributed by atoms with E-state index >= 15 is 0 Å². The van der Waals surface area contributed by atoms with Crippen molar-refractivity contribution in [2.75, 3.05) is 11.1 Å². The zero-order valence-corrected chi connectivity index (χ0v) is 11.8. The van der Waals surface area contributed by atoms with E-state index in [2.05, 4.69) is 20.5 Å². The standard InChI is InChI=1S/C15H15N5O/c1-8-6-7-10-4-3-5-11(13(10)17-8)18-15(21)12-9(2)19-20-14(12)16/h3-7H,1-2H3,(H,18,21)(H3,16,19,20). The van der Waals surface area contributed by atoms with E-state index in [0.29, 0.717) is 16.9 Å². The fourth-order valence-corrected chi connectivity index (χ4v) is 2.26. The molecule has 3 rings (SSSR count). The molecular formula is C15H15N5O. The van der Waals surface area contributed by atoms with Crippen LogP contribution in [0.1, 0.15) is 21.7 Å². The maximum atomic E-state index is 12.4. The van der Waals surface area contributed by atoms with Crippen molar-refractivity contribution >= 4 is 28.3 Å². The minimum Gasteiger partial charge on any atom is -0.382 e. The van der Waals surface area contributed by atoms with Gasteiger partial charge in [0.05, 0.1) is 11.2 Å². The van der Waals surface area contributed by atoms with Gasteiger partial charge in [-0.2, -0.15) is 5.10 Å².